The summed E-state index contributed by atoms with van der Waals surface area (Å²) in [6.45, 7) is 27.3. The normalized spacial score (nSPS) is 13.7. The Morgan fingerprint density at radius 2 is 0.786 bits per heavy atom. The average molecular weight is 1110 g/mol. The van der Waals surface area contributed by atoms with Gasteiger partial charge in [-0.3, -0.25) is 0 Å². The molecule has 3 aliphatic rings. The Morgan fingerprint density at radius 1 is 0.333 bits per heavy atom. The van der Waals surface area contributed by atoms with Gasteiger partial charge in [-0.25, -0.2) is 0 Å². The van der Waals surface area contributed by atoms with Crippen LogP contribution in [0.25, 0.3) is 55.7 Å². The quantitative estimate of drug-likeness (QED) is 0.155. The molecule has 4 nitrogen and oxygen atoms in total. The van der Waals surface area contributed by atoms with Gasteiger partial charge in [-0.05, 0) is 143 Å². The molecule has 0 radical (unpaired) electrons. The Labute approximate surface area is 501 Å². The molecular formula is C78H71BN2O2S. The summed E-state index contributed by atoms with van der Waals surface area (Å²) in [4.78, 5) is 7.36. The Kier molecular flexibility index (Phi) is 12.5. The standard InChI is InChI=1S/C78H71BN2O2S/c1-75(2,3)54-29-23-48(24-30-54)52-27-39-64-70(41-52)84-71-42-53(49-25-31-55(32-26-49)76(4,5)6)28-40-65(71)81(64)59-37-38-62-68(45-59)82-69-44-57(78(10,11)12)43-67-72(69)79(62)63-46-60-61(47-66(63)80(67)58-35-33-56(34-36-58)77(7,8)9)74(51-21-17-14-18-22-51)83-73(60)50-19-15-13-16-20-50/h13-47H,1-12H3. The first kappa shape index (κ1) is 53.6. The van der Waals surface area contributed by atoms with Crippen LogP contribution >= 0.6 is 11.8 Å². The highest BCUT2D eigenvalue weighted by Gasteiger charge is 2.44. The number of anilines is 6. The van der Waals surface area contributed by atoms with Gasteiger partial charge in [0.2, 0.25) is 0 Å². The zero-order chi connectivity index (χ0) is 58.2. The third kappa shape index (κ3) is 9.25. The molecule has 14 rings (SSSR count). The molecular weight excluding hydrogens is 1040 g/mol. The molecule has 414 valence electrons. The summed E-state index contributed by atoms with van der Waals surface area (Å²) in [7, 11) is 0. The van der Waals surface area contributed by atoms with Crippen LogP contribution in [0.15, 0.2) is 227 Å². The van der Waals surface area contributed by atoms with Crippen molar-refractivity contribution in [3.63, 3.8) is 0 Å². The monoisotopic (exact) mass is 1110 g/mol. The van der Waals surface area contributed by atoms with Crippen molar-refractivity contribution in [1.29, 1.82) is 0 Å². The number of nitrogens with zero attached hydrogens (tertiary/aromatic N) is 2. The van der Waals surface area contributed by atoms with E-state index in [-0.39, 0.29) is 28.4 Å². The van der Waals surface area contributed by atoms with E-state index in [2.05, 4.69) is 305 Å². The molecule has 0 bridgehead atoms. The molecule has 0 N–H and O–H groups in total. The van der Waals surface area contributed by atoms with E-state index in [1.165, 1.54) is 65.2 Å². The van der Waals surface area contributed by atoms with Crippen molar-refractivity contribution in [2.24, 2.45) is 0 Å². The van der Waals surface area contributed by atoms with Crippen LogP contribution in [-0.2, 0) is 21.7 Å². The van der Waals surface area contributed by atoms with Gasteiger partial charge in [-0.2, -0.15) is 0 Å². The molecule has 10 aromatic carbocycles. The SMILES string of the molecule is CC(C)(C)c1ccc(-c2ccc3c(c2)Sc2cc(-c4ccc(C(C)(C)C)cc4)ccc2N3c2ccc3c(c2)Oc2cc(C(C)(C)C)cc4c2B3c2cc3c(-c5ccccc5)oc(-c5ccccc5)c3cc2N4c2ccc(C(C)(C)C)cc2)cc1. The topological polar surface area (TPSA) is 28.9 Å². The molecule has 4 heterocycles. The summed E-state index contributed by atoms with van der Waals surface area (Å²) in [6.07, 6.45) is 0. The molecule has 6 heteroatoms. The average Bonchev–Trinajstić information content (AvgIpc) is 1.57. The maximum Gasteiger partial charge on any atom is 0.256 e. The lowest BCUT2D eigenvalue weighted by atomic mass is 9.34. The van der Waals surface area contributed by atoms with E-state index in [9.17, 15) is 0 Å². The first-order valence-electron chi connectivity index (χ1n) is 29.7. The van der Waals surface area contributed by atoms with Crippen molar-refractivity contribution < 1.29 is 9.15 Å². The smallest absolute Gasteiger partial charge is 0.256 e. The fourth-order valence-electron chi connectivity index (χ4n) is 12.7. The maximum atomic E-state index is 7.52. The summed E-state index contributed by atoms with van der Waals surface area (Å²) in [6, 6.07) is 79.2. The lowest BCUT2D eigenvalue weighted by molar-refractivity contribution is 0.483. The second-order valence-electron chi connectivity index (χ2n) is 27.5. The predicted molar refractivity (Wildman–Crippen MR) is 357 cm³/mol. The van der Waals surface area contributed by atoms with Crippen molar-refractivity contribution in [1.82, 2.24) is 0 Å². The van der Waals surface area contributed by atoms with Crippen LogP contribution in [0.2, 0.25) is 0 Å². The number of benzene rings is 10. The molecule has 0 spiro atoms. The number of fused-ring (bicyclic) bond motifs is 7. The number of ether oxygens (including phenoxy) is 1. The third-order valence-corrected chi connectivity index (χ3v) is 18.7. The highest BCUT2D eigenvalue weighted by atomic mass is 32.2. The Morgan fingerprint density at radius 3 is 1.29 bits per heavy atom. The van der Waals surface area contributed by atoms with Crippen LogP contribution in [0.3, 0.4) is 0 Å². The Bertz CT molecular complexity index is 4270. The summed E-state index contributed by atoms with van der Waals surface area (Å²) < 4.78 is 14.7. The van der Waals surface area contributed by atoms with Crippen molar-refractivity contribution in [3.8, 4) is 56.4 Å². The van der Waals surface area contributed by atoms with E-state index in [0.717, 1.165) is 84.5 Å². The zero-order valence-electron chi connectivity index (χ0n) is 50.4. The van der Waals surface area contributed by atoms with Gasteiger partial charge in [0.1, 0.15) is 23.0 Å². The maximum absolute atomic E-state index is 7.52. The van der Waals surface area contributed by atoms with Crippen LogP contribution in [-0.4, -0.2) is 6.71 Å². The Balaban J connectivity index is 0.975. The van der Waals surface area contributed by atoms with Crippen molar-refractivity contribution >= 4 is 79.8 Å². The van der Waals surface area contributed by atoms with Crippen LogP contribution in [0.4, 0.5) is 34.1 Å². The molecule has 84 heavy (non-hydrogen) atoms. The third-order valence-electron chi connectivity index (χ3n) is 17.6. The van der Waals surface area contributed by atoms with Crippen molar-refractivity contribution in [2.45, 2.75) is 115 Å². The van der Waals surface area contributed by atoms with Gasteiger partial charge in [-0.15, -0.1) is 0 Å². The molecule has 11 aromatic rings. The molecule has 3 aliphatic heterocycles. The van der Waals surface area contributed by atoms with Gasteiger partial charge in [0, 0.05) is 60.5 Å². The number of hydrogen-bond acceptors (Lipinski definition) is 5. The molecule has 0 amide bonds. The summed E-state index contributed by atoms with van der Waals surface area (Å²) in [5.74, 6) is 3.46. The van der Waals surface area contributed by atoms with Crippen LogP contribution in [0.5, 0.6) is 11.5 Å². The fourth-order valence-corrected chi connectivity index (χ4v) is 13.8. The van der Waals surface area contributed by atoms with Gasteiger partial charge in [0.05, 0.1) is 11.4 Å². The zero-order valence-corrected chi connectivity index (χ0v) is 51.2. The molecule has 0 aliphatic carbocycles. The second kappa shape index (κ2) is 19.6. The van der Waals surface area contributed by atoms with Crippen molar-refractivity contribution in [2.75, 3.05) is 9.80 Å². The first-order valence-corrected chi connectivity index (χ1v) is 30.6. The number of rotatable bonds is 6. The minimum Gasteiger partial charge on any atom is -0.458 e. The lowest BCUT2D eigenvalue weighted by Crippen LogP contribution is -2.59. The number of furan rings is 1. The highest BCUT2D eigenvalue weighted by Crippen LogP contribution is 2.55. The largest absolute Gasteiger partial charge is 0.458 e. The molecule has 1 aromatic heterocycles. The van der Waals surface area contributed by atoms with Gasteiger partial charge in [0.15, 0.2) is 0 Å². The van der Waals surface area contributed by atoms with Crippen LogP contribution in [0, 0.1) is 0 Å². The van der Waals surface area contributed by atoms with Gasteiger partial charge in [-0.1, -0.05) is 240 Å². The van der Waals surface area contributed by atoms with E-state index in [1.54, 1.807) is 0 Å². The minimum absolute atomic E-state index is 0.00651. The molecule has 0 atom stereocenters. The van der Waals surface area contributed by atoms with E-state index >= 15 is 0 Å². The first-order chi connectivity index (χ1) is 40.1. The summed E-state index contributed by atoms with van der Waals surface area (Å²) >= 11 is 1.86. The second-order valence-corrected chi connectivity index (χ2v) is 28.5. The predicted octanol–water partition coefficient (Wildman–Crippen LogP) is 20.6. The van der Waals surface area contributed by atoms with E-state index in [1.807, 2.05) is 11.8 Å². The van der Waals surface area contributed by atoms with Gasteiger partial charge >= 0.3 is 0 Å². The van der Waals surface area contributed by atoms with Crippen LogP contribution in [0.1, 0.15) is 105 Å². The molecule has 0 fully saturated rings. The van der Waals surface area contributed by atoms with Crippen molar-refractivity contribution in [3.05, 3.63) is 235 Å². The Hall–Kier alpha value is -8.45. The summed E-state index contributed by atoms with van der Waals surface area (Å²) in [5.41, 5.74) is 22.2. The molecule has 0 saturated carbocycles. The van der Waals surface area contributed by atoms with E-state index < -0.39 is 0 Å². The lowest BCUT2D eigenvalue weighted by Gasteiger charge is -2.41. The van der Waals surface area contributed by atoms with E-state index in [4.69, 9.17) is 9.15 Å². The molecule has 0 unspecified atom stereocenters. The molecule has 0 saturated heterocycles. The van der Waals surface area contributed by atoms with E-state index in [0.29, 0.717) is 0 Å². The summed E-state index contributed by atoms with van der Waals surface area (Å²) in [5, 5.41) is 2.15. The highest BCUT2D eigenvalue weighted by molar-refractivity contribution is 7.99. The minimum atomic E-state index is -0.187. The number of hydrogen-bond donors (Lipinski definition) is 0. The van der Waals surface area contributed by atoms with Gasteiger partial charge < -0.3 is 19.0 Å². The van der Waals surface area contributed by atoms with Crippen LogP contribution < -0.4 is 30.9 Å². The fraction of sp³-hybridized carbons (Fsp3) is 0.205. The van der Waals surface area contributed by atoms with Gasteiger partial charge in [0.25, 0.3) is 6.71 Å².